The Bertz CT molecular complexity index is 387. The molecule has 0 atom stereocenters. The Balaban J connectivity index is 2.15. The average Bonchev–Trinajstić information content (AvgIpc) is 2.53. The first-order chi connectivity index (χ1) is 6.34. The van der Waals surface area contributed by atoms with Crippen LogP contribution in [0.5, 0.6) is 0 Å². The monoisotopic (exact) mass is 255 g/mol. The fourth-order valence-electron chi connectivity index (χ4n) is 0.981. The molecule has 2 heterocycles. The second-order valence-electron chi connectivity index (χ2n) is 2.49. The molecule has 0 aromatic carbocycles. The number of aromatic nitrogens is 3. The molecule has 0 radical (unpaired) electrons. The van der Waals surface area contributed by atoms with E-state index in [2.05, 4.69) is 30.3 Å². The summed E-state index contributed by atoms with van der Waals surface area (Å²) in [4.78, 5) is 8.16. The average molecular weight is 256 g/mol. The third-order valence-electron chi connectivity index (χ3n) is 1.55. The highest BCUT2D eigenvalue weighted by Gasteiger charge is 2.01. The number of pyridine rings is 1. The maximum Gasteiger partial charge on any atom is 0.209 e. The van der Waals surface area contributed by atoms with Crippen molar-refractivity contribution in [2.24, 2.45) is 0 Å². The lowest BCUT2D eigenvalue weighted by Gasteiger charge is -1.93. The third-order valence-corrected chi connectivity index (χ3v) is 2.85. The van der Waals surface area contributed by atoms with E-state index in [1.165, 1.54) is 17.1 Å². The maximum atomic E-state index is 4.21. The second-order valence-corrected chi connectivity index (χ2v) is 4.04. The van der Waals surface area contributed by atoms with E-state index in [1.807, 2.05) is 12.1 Å². The van der Waals surface area contributed by atoms with Gasteiger partial charge < -0.3 is 0 Å². The minimum Gasteiger partial charge on any atom is -0.265 e. The van der Waals surface area contributed by atoms with Gasteiger partial charge in [0.2, 0.25) is 4.73 Å². The Morgan fingerprint density at radius 1 is 1.31 bits per heavy atom. The predicted octanol–water partition coefficient (Wildman–Crippen LogP) is 2.29. The van der Waals surface area contributed by atoms with Crippen LogP contribution >= 0.6 is 27.5 Å². The van der Waals surface area contributed by atoms with Crippen molar-refractivity contribution in [3.63, 3.8) is 0 Å². The summed E-state index contributed by atoms with van der Waals surface area (Å²) in [5.74, 6) is 0. The van der Waals surface area contributed by atoms with Gasteiger partial charge in [0.05, 0.1) is 0 Å². The Hall–Kier alpha value is -0.810. The van der Waals surface area contributed by atoms with E-state index in [1.54, 1.807) is 12.4 Å². The van der Waals surface area contributed by atoms with Crippen molar-refractivity contribution in [3.8, 4) is 0 Å². The molecule has 3 nitrogen and oxygen atoms in total. The Morgan fingerprint density at radius 2 is 2.08 bits per heavy atom. The summed E-state index contributed by atoms with van der Waals surface area (Å²) in [5.41, 5.74) is 1.21. The summed E-state index contributed by atoms with van der Waals surface area (Å²) >= 11 is 4.64. The topological polar surface area (TPSA) is 38.7 Å². The zero-order valence-electron chi connectivity index (χ0n) is 6.64. The van der Waals surface area contributed by atoms with Crippen LogP contribution < -0.4 is 0 Å². The molecular weight excluding hydrogens is 250 g/mol. The van der Waals surface area contributed by atoms with E-state index in [0.717, 1.165) is 11.4 Å². The van der Waals surface area contributed by atoms with E-state index >= 15 is 0 Å². The zero-order valence-corrected chi connectivity index (χ0v) is 9.05. The number of hydrogen-bond acceptors (Lipinski definition) is 4. The quantitative estimate of drug-likeness (QED) is 0.827. The molecule has 2 aromatic heterocycles. The molecule has 0 saturated heterocycles. The molecule has 0 aliphatic rings. The van der Waals surface area contributed by atoms with Gasteiger partial charge in [0, 0.05) is 18.8 Å². The van der Waals surface area contributed by atoms with Gasteiger partial charge in [-0.2, -0.15) is 4.37 Å². The van der Waals surface area contributed by atoms with Crippen molar-refractivity contribution in [2.45, 2.75) is 6.42 Å². The van der Waals surface area contributed by atoms with Gasteiger partial charge in [-0.3, -0.25) is 4.98 Å². The molecule has 0 spiro atoms. The predicted molar refractivity (Wildman–Crippen MR) is 54.7 cm³/mol. The van der Waals surface area contributed by atoms with Crippen LogP contribution in [0.15, 0.2) is 29.3 Å². The molecule has 0 aliphatic carbocycles. The summed E-state index contributed by atoms with van der Waals surface area (Å²) in [6, 6.07) is 3.96. The maximum absolute atomic E-state index is 4.21. The molecule has 0 amide bonds. The number of rotatable bonds is 2. The molecule has 66 valence electrons. The molecule has 0 fully saturated rings. The second kappa shape index (κ2) is 3.93. The van der Waals surface area contributed by atoms with Gasteiger partial charge in [-0.1, -0.05) is 0 Å². The third kappa shape index (κ3) is 2.32. The van der Waals surface area contributed by atoms with Gasteiger partial charge in [0.15, 0.2) is 0 Å². The lowest BCUT2D eigenvalue weighted by Crippen LogP contribution is -1.86. The van der Waals surface area contributed by atoms with Gasteiger partial charge in [-0.25, -0.2) is 4.98 Å². The molecule has 0 bridgehead atoms. The molecule has 2 aromatic rings. The lowest BCUT2D eigenvalue weighted by molar-refractivity contribution is 1.10. The molecule has 5 heteroatoms. The number of halogens is 1. The van der Waals surface area contributed by atoms with Crippen LogP contribution in [0.25, 0.3) is 0 Å². The highest BCUT2D eigenvalue weighted by molar-refractivity contribution is 9.10. The Morgan fingerprint density at radius 3 is 2.69 bits per heavy atom. The van der Waals surface area contributed by atoms with Crippen molar-refractivity contribution in [1.82, 2.24) is 14.3 Å². The summed E-state index contributed by atoms with van der Waals surface area (Å²) in [5, 5.41) is 1.01. The SMILES string of the molecule is Brc1nsc(Cc2ccncc2)n1. The normalized spacial score (nSPS) is 10.2. The van der Waals surface area contributed by atoms with E-state index in [-0.39, 0.29) is 0 Å². The Kier molecular flexibility index (Phi) is 2.65. The largest absolute Gasteiger partial charge is 0.265 e. The fraction of sp³-hybridized carbons (Fsp3) is 0.125. The van der Waals surface area contributed by atoms with Crippen molar-refractivity contribution < 1.29 is 0 Å². The van der Waals surface area contributed by atoms with Crippen LogP contribution in [-0.4, -0.2) is 14.3 Å². The molecule has 0 unspecified atom stereocenters. The summed E-state index contributed by atoms with van der Waals surface area (Å²) in [7, 11) is 0. The minimum absolute atomic E-state index is 0.668. The van der Waals surface area contributed by atoms with Crippen molar-refractivity contribution in [2.75, 3.05) is 0 Å². The van der Waals surface area contributed by atoms with E-state index in [9.17, 15) is 0 Å². The van der Waals surface area contributed by atoms with Gasteiger partial charge in [0.1, 0.15) is 5.01 Å². The number of hydrogen-bond donors (Lipinski definition) is 0. The first-order valence-corrected chi connectivity index (χ1v) is 5.28. The summed E-state index contributed by atoms with van der Waals surface area (Å²) < 4.78 is 4.71. The van der Waals surface area contributed by atoms with Gasteiger partial charge in [0.25, 0.3) is 0 Å². The zero-order chi connectivity index (χ0) is 9.10. The van der Waals surface area contributed by atoms with Crippen molar-refractivity contribution in [3.05, 3.63) is 39.8 Å². The first kappa shape index (κ1) is 8.77. The van der Waals surface area contributed by atoms with Crippen molar-refractivity contribution in [1.29, 1.82) is 0 Å². The molecule has 13 heavy (non-hydrogen) atoms. The molecular formula is C8H6BrN3S. The molecule has 2 rings (SSSR count). The minimum atomic E-state index is 0.668. The van der Waals surface area contributed by atoms with Crippen LogP contribution in [-0.2, 0) is 6.42 Å². The lowest BCUT2D eigenvalue weighted by atomic mass is 10.2. The molecule has 0 N–H and O–H groups in total. The van der Waals surface area contributed by atoms with Crippen molar-refractivity contribution >= 4 is 27.5 Å². The van der Waals surface area contributed by atoms with Crippen LogP contribution in [0.1, 0.15) is 10.6 Å². The van der Waals surface area contributed by atoms with Gasteiger partial charge in [-0.15, -0.1) is 0 Å². The van der Waals surface area contributed by atoms with E-state index in [0.29, 0.717) is 4.73 Å². The molecule has 0 aliphatic heterocycles. The van der Waals surface area contributed by atoms with E-state index in [4.69, 9.17) is 0 Å². The highest BCUT2D eigenvalue weighted by Crippen LogP contribution is 2.13. The number of nitrogens with zero attached hydrogens (tertiary/aromatic N) is 3. The highest BCUT2D eigenvalue weighted by atomic mass is 79.9. The Labute approximate surface area is 88.2 Å². The van der Waals surface area contributed by atoms with Crippen LogP contribution in [0.3, 0.4) is 0 Å². The van der Waals surface area contributed by atoms with Crippen LogP contribution in [0.2, 0.25) is 0 Å². The summed E-state index contributed by atoms with van der Waals surface area (Å²) in [6.45, 7) is 0. The van der Waals surface area contributed by atoms with Gasteiger partial charge in [-0.05, 0) is 45.2 Å². The first-order valence-electron chi connectivity index (χ1n) is 3.71. The smallest absolute Gasteiger partial charge is 0.209 e. The van der Waals surface area contributed by atoms with E-state index < -0.39 is 0 Å². The summed E-state index contributed by atoms with van der Waals surface area (Å²) in [6.07, 6.45) is 4.39. The van der Waals surface area contributed by atoms with Crippen LogP contribution in [0, 0.1) is 0 Å². The molecule has 0 saturated carbocycles. The van der Waals surface area contributed by atoms with Crippen LogP contribution in [0.4, 0.5) is 0 Å². The fourth-order valence-corrected chi connectivity index (χ4v) is 2.11. The van der Waals surface area contributed by atoms with Gasteiger partial charge >= 0.3 is 0 Å². The standard InChI is InChI=1S/C8H6BrN3S/c9-8-11-7(13-12-8)5-6-1-3-10-4-2-6/h1-4H,5H2.